The summed E-state index contributed by atoms with van der Waals surface area (Å²) in [5, 5.41) is 0.0195. The molecular weight excluding hydrogens is 216 g/mol. The molecule has 1 aliphatic rings. The van der Waals surface area contributed by atoms with Crippen molar-refractivity contribution in [2.75, 3.05) is 6.26 Å². The molecule has 0 amide bonds. The molecule has 0 bridgehead atoms. The molecule has 1 fully saturated rings. The van der Waals surface area contributed by atoms with Crippen LogP contribution in [0.25, 0.3) is 0 Å². The molecule has 2 rings (SSSR count). The number of imidazole rings is 1. The molecule has 1 aliphatic carbocycles. The van der Waals surface area contributed by atoms with Crippen molar-refractivity contribution in [2.45, 2.75) is 24.4 Å². The van der Waals surface area contributed by atoms with Gasteiger partial charge in [-0.25, -0.2) is 13.4 Å². The average Bonchev–Trinajstić information content (AvgIpc) is 2.86. The third-order valence-corrected chi connectivity index (χ3v) is 3.33. The summed E-state index contributed by atoms with van der Waals surface area (Å²) in [5.74, 6) is 0.349. The molecule has 1 heterocycles. The fourth-order valence-corrected chi connectivity index (χ4v) is 1.90. The first-order valence-corrected chi connectivity index (χ1v) is 6.60. The molecular formula is C9H12N2O3S. The molecule has 0 radical (unpaired) electrons. The van der Waals surface area contributed by atoms with Crippen molar-refractivity contribution in [1.29, 1.82) is 0 Å². The Morgan fingerprint density at radius 2 is 2.27 bits per heavy atom. The predicted octanol–water partition coefficient (Wildman–Crippen LogP) is 0.266. The van der Waals surface area contributed by atoms with Crippen LogP contribution in [0.1, 0.15) is 12.8 Å². The number of rotatable bonds is 4. The number of hydrogen-bond acceptors (Lipinski definition) is 4. The minimum atomic E-state index is -3.27. The van der Waals surface area contributed by atoms with Crippen LogP contribution in [0.3, 0.4) is 0 Å². The van der Waals surface area contributed by atoms with Gasteiger partial charge in [0.25, 0.3) is 0 Å². The second kappa shape index (κ2) is 3.44. The first-order valence-electron chi connectivity index (χ1n) is 4.71. The van der Waals surface area contributed by atoms with E-state index in [0.29, 0.717) is 0 Å². The summed E-state index contributed by atoms with van der Waals surface area (Å²) < 4.78 is 23.8. The van der Waals surface area contributed by atoms with E-state index in [9.17, 15) is 13.2 Å². The SMILES string of the molecule is CS(=O)(=O)c1cn(CC(=O)C2CC2)cn1. The summed E-state index contributed by atoms with van der Waals surface area (Å²) in [5.41, 5.74) is 0. The van der Waals surface area contributed by atoms with Gasteiger partial charge in [-0.15, -0.1) is 0 Å². The van der Waals surface area contributed by atoms with Gasteiger partial charge >= 0.3 is 0 Å². The topological polar surface area (TPSA) is 69.0 Å². The number of carbonyl (C=O) groups excluding carboxylic acids is 1. The highest BCUT2D eigenvalue weighted by molar-refractivity contribution is 7.90. The average molecular weight is 228 g/mol. The van der Waals surface area contributed by atoms with E-state index in [0.717, 1.165) is 19.1 Å². The van der Waals surface area contributed by atoms with E-state index >= 15 is 0 Å². The van der Waals surface area contributed by atoms with Crippen molar-refractivity contribution < 1.29 is 13.2 Å². The van der Waals surface area contributed by atoms with Crippen LogP contribution < -0.4 is 0 Å². The number of nitrogens with zero attached hydrogens (tertiary/aromatic N) is 2. The molecule has 0 saturated heterocycles. The lowest BCUT2D eigenvalue weighted by Gasteiger charge is -1.98. The lowest BCUT2D eigenvalue weighted by Crippen LogP contribution is -2.10. The molecule has 15 heavy (non-hydrogen) atoms. The minimum absolute atomic E-state index is 0.0195. The van der Waals surface area contributed by atoms with Gasteiger partial charge in [0.15, 0.2) is 20.6 Å². The number of ketones is 1. The molecule has 0 aromatic carbocycles. The van der Waals surface area contributed by atoms with Crippen molar-refractivity contribution in [1.82, 2.24) is 9.55 Å². The van der Waals surface area contributed by atoms with Crippen LogP contribution in [-0.2, 0) is 21.2 Å². The van der Waals surface area contributed by atoms with Gasteiger partial charge < -0.3 is 4.57 Å². The zero-order valence-electron chi connectivity index (χ0n) is 8.38. The van der Waals surface area contributed by atoms with Gasteiger partial charge in [-0.05, 0) is 12.8 Å². The first kappa shape index (κ1) is 10.4. The molecule has 82 valence electrons. The smallest absolute Gasteiger partial charge is 0.194 e. The molecule has 0 atom stereocenters. The zero-order valence-corrected chi connectivity index (χ0v) is 9.20. The van der Waals surface area contributed by atoms with Crippen molar-refractivity contribution in [3.63, 3.8) is 0 Å². The second-order valence-corrected chi connectivity index (χ2v) is 5.86. The summed E-state index contributed by atoms with van der Waals surface area (Å²) in [6.07, 6.45) is 5.81. The second-order valence-electron chi connectivity index (χ2n) is 3.90. The normalized spacial score (nSPS) is 16.6. The van der Waals surface area contributed by atoms with Crippen LogP contribution in [0.4, 0.5) is 0 Å². The van der Waals surface area contributed by atoms with Crippen LogP contribution in [-0.4, -0.2) is 30.0 Å². The Kier molecular flexibility index (Phi) is 2.38. The Labute approximate surface area is 88.0 Å². The maximum absolute atomic E-state index is 11.4. The van der Waals surface area contributed by atoms with Gasteiger partial charge in [0.1, 0.15) is 0 Å². The third kappa shape index (κ3) is 2.44. The Morgan fingerprint density at radius 3 is 2.73 bits per heavy atom. The molecule has 5 nitrogen and oxygen atoms in total. The van der Waals surface area contributed by atoms with E-state index in [1.807, 2.05) is 0 Å². The lowest BCUT2D eigenvalue weighted by molar-refractivity contribution is -0.120. The highest BCUT2D eigenvalue weighted by Crippen LogP contribution is 2.30. The highest BCUT2D eigenvalue weighted by Gasteiger charge is 2.29. The first-order chi connectivity index (χ1) is 6.97. The number of carbonyl (C=O) groups is 1. The van der Waals surface area contributed by atoms with Gasteiger partial charge in [-0.1, -0.05) is 0 Å². The van der Waals surface area contributed by atoms with Crippen LogP contribution in [0, 0.1) is 5.92 Å². The largest absolute Gasteiger partial charge is 0.329 e. The maximum Gasteiger partial charge on any atom is 0.194 e. The van der Waals surface area contributed by atoms with E-state index in [2.05, 4.69) is 4.98 Å². The number of Topliss-reactive ketones (excluding diaryl/α,β-unsaturated/α-hetero) is 1. The fourth-order valence-electron chi connectivity index (χ4n) is 1.33. The summed E-state index contributed by atoms with van der Waals surface area (Å²) in [7, 11) is -3.27. The number of sulfone groups is 1. The van der Waals surface area contributed by atoms with Crippen molar-refractivity contribution in [2.24, 2.45) is 5.92 Å². The van der Waals surface area contributed by atoms with Gasteiger partial charge in [0.05, 0.1) is 12.9 Å². The summed E-state index contributed by atoms with van der Waals surface area (Å²) in [4.78, 5) is 15.2. The highest BCUT2D eigenvalue weighted by atomic mass is 32.2. The van der Waals surface area contributed by atoms with Gasteiger partial charge in [-0.2, -0.15) is 0 Å². The van der Waals surface area contributed by atoms with Crippen LogP contribution in [0.5, 0.6) is 0 Å². The van der Waals surface area contributed by atoms with Crippen LogP contribution >= 0.6 is 0 Å². The quantitative estimate of drug-likeness (QED) is 0.741. The summed E-state index contributed by atoms with van der Waals surface area (Å²) >= 11 is 0. The molecule has 1 aromatic heterocycles. The van der Waals surface area contributed by atoms with Crippen molar-refractivity contribution in [3.05, 3.63) is 12.5 Å². The molecule has 1 aromatic rings. The van der Waals surface area contributed by atoms with Gasteiger partial charge in [-0.3, -0.25) is 4.79 Å². The van der Waals surface area contributed by atoms with Crippen LogP contribution in [0.15, 0.2) is 17.6 Å². The molecule has 1 saturated carbocycles. The lowest BCUT2D eigenvalue weighted by atomic mass is 10.3. The molecule has 0 aliphatic heterocycles. The van der Waals surface area contributed by atoms with Crippen LogP contribution in [0.2, 0.25) is 0 Å². The standard InChI is InChI=1S/C9H12N2O3S/c1-15(13,14)9-5-11(6-10-9)4-8(12)7-2-3-7/h5-7H,2-4H2,1H3. The molecule has 0 N–H and O–H groups in total. The Hall–Kier alpha value is -1.17. The summed E-state index contributed by atoms with van der Waals surface area (Å²) in [6, 6.07) is 0. The Balaban J connectivity index is 2.10. The minimum Gasteiger partial charge on any atom is -0.329 e. The monoisotopic (exact) mass is 228 g/mol. The Bertz CT molecular complexity index is 485. The third-order valence-electron chi connectivity index (χ3n) is 2.36. The van der Waals surface area contributed by atoms with E-state index < -0.39 is 9.84 Å². The molecule has 0 unspecified atom stereocenters. The molecule has 0 spiro atoms. The summed E-state index contributed by atoms with van der Waals surface area (Å²) in [6.45, 7) is 0.229. The predicted molar refractivity (Wildman–Crippen MR) is 53.1 cm³/mol. The van der Waals surface area contributed by atoms with Crippen molar-refractivity contribution in [3.8, 4) is 0 Å². The Morgan fingerprint density at radius 1 is 1.60 bits per heavy atom. The van der Waals surface area contributed by atoms with Crippen molar-refractivity contribution >= 4 is 15.6 Å². The van der Waals surface area contributed by atoms with E-state index in [1.54, 1.807) is 0 Å². The molecule has 6 heteroatoms. The van der Waals surface area contributed by atoms with Gasteiger partial charge in [0, 0.05) is 18.4 Å². The van der Waals surface area contributed by atoms with Gasteiger partial charge in [0.2, 0.25) is 0 Å². The van der Waals surface area contributed by atoms with E-state index in [-0.39, 0.29) is 23.3 Å². The fraction of sp³-hybridized carbons (Fsp3) is 0.556. The maximum atomic E-state index is 11.4. The number of hydrogen-bond donors (Lipinski definition) is 0. The van der Waals surface area contributed by atoms with E-state index in [1.165, 1.54) is 17.1 Å². The number of aromatic nitrogens is 2. The zero-order chi connectivity index (χ0) is 11.1. The van der Waals surface area contributed by atoms with E-state index in [4.69, 9.17) is 0 Å².